The topological polar surface area (TPSA) is 141 Å². The molecule has 0 spiro atoms. The molecule has 5 aromatic heterocycles. The Labute approximate surface area is 205 Å². The van der Waals surface area contributed by atoms with Crippen molar-refractivity contribution in [2.24, 2.45) is 0 Å². The largest absolute Gasteiger partial charge is 0.446 e. The summed E-state index contributed by atoms with van der Waals surface area (Å²) >= 11 is 0. The summed E-state index contributed by atoms with van der Waals surface area (Å²) in [5.41, 5.74) is -0.839. The standard InChI is InChI=1S/C24H24N10O2/c1-2-15-33(14-1)34-24(18-5-3-7-25-18,22-30-13-16-35-22)23(17-6-10-31-32-17,21-28-8-4-9-29-21)19(36-34)20-26-11-12-27-20/h3-13,16,19,25H,1-2,14-15H2,(H,26,27)(H,31,32). The van der Waals surface area contributed by atoms with Gasteiger partial charge in [-0.1, -0.05) is 5.17 Å². The number of aromatic amines is 3. The van der Waals surface area contributed by atoms with Gasteiger partial charge >= 0.3 is 0 Å². The third-order valence-electron chi connectivity index (χ3n) is 7.14. The molecule has 182 valence electrons. The molecule has 0 radical (unpaired) electrons. The maximum atomic E-state index is 6.97. The van der Waals surface area contributed by atoms with E-state index in [1.54, 1.807) is 49.5 Å². The van der Waals surface area contributed by atoms with E-state index in [2.05, 4.69) is 30.2 Å². The quantitative estimate of drug-likeness (QED) is 0.331. The van der Waals surface area contributed by atoms with Gasteiger partial charge < -0.3 is 14.4 Å². The van der Waals surface area contributed by atoms with Crippen LogP contribution < -0.4 is 0 Å². The van der Waals surface area contributed by atoms with E-state index in [0.29, 0.717) is 17.5 Å². The van der Waals surface area contributed by atoms with Crippen molar-refractivity contribution in [1.29, 1.82) is 0 Å². The zero-order valence-corrected chi connectivity index (χ0v) is 19.3. The van der Waals surface area contributed by atoms with E-state index < -0.39 is 17.1 Å². The van der Waals surface area contributed by atoms with Gasteiger partial charge in [0.05, 0.1) is 17.6 Å². The highest BCUT2D eigenvalue weighted by atomic mass is 16.7. The van der Waals surface area contributed by atoms with Gasteiger partial charge in [-0.3, -0.25) is 9.94 Å². The molecule has 0 aromatic carbocycles. The molecule has 7 heterocycles. The second-order valence-corrected chi connectivity index (χ2v) is 8.88. The van der Waals surface area contributed by atoms with Crippen LogP contribution in [0.3, 0.4) is 0 Å². The Morgan fingerprint density at radius 1 is 0.861 bits per heavy atom. The molecule has 12 heteroatoms. The van der Waals surface area contributed by atoms with Crippen LogP contribution in [0.5, 0.6) is 0 Å². The van der Waals surface area contributed by atoms with E-state index in [0.717, 1.165) is 37.3 Å². The van der Waals surface area contributed by atoms with Crippen LogP contribution in [0.4, 0.5) is 0 Å². The van der Waals surface area contributed by atoms with Crippen LogP contribution in [0.15, 0.2) is 78.3 Å². The highest BCUT2D eigenvalue weighted by molar-refractivity contribution is 5.48. The van der Waals surface area contributed by atoms with Crippen molar-refractivity contribution in [3.05, 3.63) is 103 Å². The summed E-state index contributed by atoms with van der Waals surface area (Å²) < 4.78 is 6.18. The molecular formula is C24H24N10O2. The second kappa shape index (κ2) is 8.22. The highest BCUT2D eigenvalue weighted by Crippen LogP contribution is 2.64. The Morgan fingerprint density at radius 2 is 1.75 bits per heavy atom. The van der Waals surface area contributed by atoms with Gasteiger partial charge in [0, 0.05) is 50.3 Å². The lowest BCUT2D eigenvalue weighted by molar-refractivity contribution is -0.304. The molecule has 12 nitrogen and oxygen atoms in total. The minimum Gasteiger partial charge on any atom is -0.446 e. The summed E-state index contributed by atoms with van der Waals surface area (Å²) in [6, 6.07) is 7.67. The molecule has 36 heavy (non-hydrogen) atoms. The first kappa shape index (κ1) is 21.2. The van der Waals surface area contributed by atoms with Gasteiger partial charge in [-0.15, -0.1) is 0 Å². The number of imidazole rings is 1. The number of nitrogens with zero attached hydrogens (tertiary/aromatic N) is 7. The Bertz CT molecular complexity index is 1350. The maximum Gasteiger partial charge on any atom is 0.226 e. The van der Waals surface area contributed by atoms with Gasteiger partial charge in [-0.05, 0) is 37.1 Å². The lowest BCUT2D eigenvalue weighted by atomic mass is 9.61. The van der Waals surface area contributed by atoms with E-state index in [1.165, 1.54) is 0 Å². The van der Waals surface area contributed by atoms with E-state index in [-0.39, 0.29) is 0 Å². The number of H-pyrrole nitrogens is 3. The first-order chi connectivity index (χ1) is 17.9. The van der Waals surface area contributed by atoms with Crippen molar-refractivity contribution < 1.29 is 9.25 Å². The van der Waals surface area contributed by atoms with Crippen LogP contribution in [0.2, 0.25) is 0 Å². The van der Waals surface area contributed by atoms with Gasteiger partial charge in [0.25, 0.3) is 0 Å². The molecule has 7 rings (SSSR count). The number of rotatable bonds is 6. The van der Waals surface area contributed by atoms with Crippen molar-refractivity contribution in [3.63, 3.8) is 0 Å². The molecule has 0 amide bonds. The molecule has 2 saturated heterocycles. The summed E-state index contributed by atoms with van der Waals surface area (Å²) in [6.07, 6.45) is 15.1. The number of oxazole rings is 1. The zero-order valence-electron chi connectivity index (χ0n) is 19.3. The summed E-state index contributed by atoms with van der Waals surface area (Å²) in [5.74, 6) is 1.54. The SMILES string of the molecule is c1cnc(C2(c3ccn[nH]3)C(c3ncc[nH]3)ON(N3CCCC3)C2(c2ccc[nH]2)c2ncco2)nc1. The fraction of sp³-hybridized carbons (Fsp3) is 0.292. The first-order valence-electron chi connectivity index (χ1n) is 11.9. The van der Waals surface area contributed by atoms with Crippen molar-refractivity contribution in [3.8, 4) is 0 Å². The smallest absolute Gasteiger partial charge is 0.226 e. The predicted molar refractivity (Wildman–Crippen MR) is 125 cm³/mol. The van der Waals surface area contributed by atoms with Gasteiger partial charge in [0.1, 0.15) is 23.3 Å². The number of hydroxylamine groups is 1. The minimum atomic E-state index is -1.20. The summed E-state index contributed by atoms with van der Waals surface area (Å²) in [6.45, 7) is 1.62. The van der Waals surface area contributed by atoms with Crippen molar-refractivity contribution in [2.45, 2.75) is 29.9 Å². The Hall–Kier alpha value is -4.13. The second-order valence-electron chi connectivity index (χ2n) is 8.88. The first-order valence-corrected chi connectivity index (χ1v) is 11.9. The summed E-state index contributed by atoms with van der Waals surface area (Å²) in [7, 11) is 0. The number of hydrazine groups is 1. The molecule has 2 aliphatic rings. The lowest BCUT2D eigenvalue weighted by Crippen LogP contribution is -2.61. The van der Waals surface area contributed by atoms with E-state index in [4.69, 9.17) is 24.2 Å². The number of hydrogen-bond acceptors (Lipinski definition) is 9. The molecule has 0 bridgehead atoms. The van der Waals surface area contributed by atoms with Crippen molar-refractivity contribution >= 4 is 0 Å². The van der Waals surface area contributed by atoms with Gasteiger partial charge in [0.2, 0.25) is 5.89 Å². The average Bonchev–Trinajstić information content (AvgIpc) is 3.73. The van der Waals surface area contributed by atoms with Crippen LogP contribution in [-0.4, -0.2) is 63.4 Å². The number of aromatic nitrogens is 8. The maximum absolute atomic E-state index is 6.97. The molecule has 2 fully saturated rings. The number of nitrogens with one attached hydrogen (secondary N) is 3. The Balaban J connectivity index is 1.66. The van der Waals surface area contributed by atoms with Gasteiger partial charge in [-0.2, -0.15) is 5.10 Å². The molecule has 2 aliphatic heterocycles. The summed E-state index contributed by atoms with van der Waals surface area (Å²) in [5, 5.41) is 11.7. The van der Waals surface area contributed by atoms with Crippen LogP contribution in [0.1, 0.15) is 47.9 Å². The third-order valence-corrected chi connectivity index (χ3v) is 7.14. The average molecular weight is 485 g/mol. The summed E-state index contributed by atoms with van der Waals surface area (Å²) in [4.78, 5) is 32.7. The minimum absolute atomic E-state index is 0.424. The van der Waals surface area contributed by atoms with Gasteiger partial charge in [-0.25, -0.2) is 24.9 Å². The van der Waals surface area contributed by atoms with E-state index in [1.807, 2.05) is 29.6 Å². The Morgan fingerprint density at radius 3 is 2.42 bits per heavy atom. The normalized spacial score (nSPS) is 27.2. The predicted octanol–water partition coefficient (Wildman–Crippen LogP) is 2.47. The Kier molecular flexibility index (Phi) is 4.84. The highest BCUT2D eigenvalue weighted by Gasteiger charge is 2.76. The number of hydrogen-bond donors (Lipinski definition) is 3. The molecule has 5 aromatic rings. The van der Waals surface area contributed by atoms with E-state index in [9.17, 15) is 0 Å². The van der Waals surface area contributed by atoms with Crippen LogP contribution in [-0.2, 0) is 15.8 Å². The molecule has 0 saturated carbocycles. The molecule has 3 N–H and O–H groups in total. The molecule has 0 aliphatic carbocycles. The zero-order chi connectivity index (χ0) is 24.0. The van der Waals surface area contributed by atoms with Crippen molar-refractivity contribution in [2.75, 3.05) is 13.1 Å². The van der Waals surface area contributed by atoms with E-state index >= 15 is 0 Å². The fourth-order valence-corrected chi connectivity index (χ4v) is 5.79. The van der Waals surface area contributed by atoms with Crippen LogP contribution in [0, 0.1) is 0 Å². The molecule has 3 atom stereocenters. The third kappa shape index (κ3) is 2.71. The van der Waals surface area contributed by atoms with Crippen LogP contribution >= 0.6 is 0 Å². The van der Waals surface area contributed by atoms with Crippen LogP contribution in [0.25, 0.3) is 0 Å². The lowest BCUT2D eigenvalue weighted by Gasteiger charge is -2.45. The molecular weight excluding hydrogens is 460 g/mol. The van der Waals surface area contributed by atoms with Gasteiger partial charge in [0.15, 0.2) is 11.6 Å². The monoisotopic (exact) mass is 484 g/mol. The van der Waals surface area contributed by atoms with Crippen molar-refractivity contribution in [1.82, 2.24) is 50.3 Å². The molecule has 3 unspecified atom stereocenters. The fourth-order valence-electron chi connectivity index (χ4n) is 5.79.